The van der Waals surface area contributed by atoms with Crippen LogP contribution in [0.25, 0.3) is 11.1 Å². The highest BCUT2D eigenvalue weighted by Gasteiger charge is 2.10. The van der Waals surface area contributed by atoms with Gasteiger partial charge < -0.3 is 14.3 Å². The van der Waals surface area contributed by atoms with Gasteiger partial charge >= 0.3 is 12.0 Å². The molecular weight excluding hydrogens is 222 g/mol. The number of aromatic nitrogens is 1. The average molecular weight is 235 g/mol. The number of hydrogen-bond acceptors (Lipinski definition) is 4. The van der Waals surface area contributed by atoms with Crippen molar-refractivity contribution < 1.29 is 19.1 Å². The zero-order valence-electron chi connectivity index (χ0n) is 9.47. The Balaban J connectivity index is 2.21. The molecule has 0 unspecified atom stereocenters. The molecule has 0 spiro atoms. The Bertz CT molecular complexity index is 532. The van der Waals surface area contributed by atoms with E-state index >= 15 is 0 Å². The summed E-state index contributed by atoms with van der Waals surface area (Å²) in [4.78, 5) is 14.6. The van der Waals surface area contributed by atoms with Crippen LogP contribution in [0.3, 0.4) is 0 Å². The number of aryl methyl sites for hydroxylation is 1. The SMILES string of the molecule is COc1nc2c(CCCC(=O)O)cccc2o1. The molecule has 2 rings (SSSR count). The summed E-state index contributed by atoms with van der Waals surface area (Å²) in [6, 6.07) is 5.60. The van der Waals surface area contributed by atoms with Crippen molar-refractivity contribution >= 4 is 17.1 Å². The zero-order chi connectivity index (χ0) is 12.3. The molecule has 0 saturated carbocycles. The first kappa shape index (κ1) is 11.4. The first-order valence-corrected chi connectivity index (χ1v) is 5.35. The molecule has 2 aromatic rings. The number of para-hydroxylation sites is 1. The Morgan fingerprint density at radius 2 is 2.35 bits per heavy atom. The lowest BCUT2D eigenvalue weighted by atomic mass is 10.1. The summed E-state index contributed by atoms with van der Waals surface area (Å²) in [5, 5.41) is 8.59. The minimum absolute atomic E-state index is 0.158. The van der Waals surface area contributed by atoms with Gasteiger partial charge in [-0.25, -0.2) is 0 Å². The summed E-state index contributed by atoms with van der Waals surface area (Å²) in [7, 11) is 1.49. The molecule has 0 amide bonds. The van der Waals surface area contributed by atoms with Gasteiger partial charge in [0.2, 0.25) is 0 Å². The van der Waals surface area contributed by atoms with Crippen LogP contribution in [-0.4, -0.2) is 23.2 Å². The van der Waals surface area contributed by atoms with Gasteiger partial charge in [0, 0.05) is 6.42 Å². The van der Waals surface area contributed by atoms with E-state index in [1.165, 1.54) is 7.11 Å². The molecule has 0 atom stereocenters. The van der Waals surface area contributed by atoms with E-state index in [4.69, 9.17) is 14.3 Å². The Kier molecular flexibility index (Phi) is 3.27. The quantitative estimate of drug-likeness (QED) is 0.860. The van der Waals surface area contributed by atoms with Gasteiger partial charge in [0.1, 0.15) is 5.52 Å². The van der Waals surface area contributed by atoms with Crippen LogP contribution in [0.1, 0.15) is 18.4 Å². The topological polar surface area (TPSA) is 72.6 Å². The second-order valence-electron chi connectivity index (χ2n) is 3.70. The smallest absolute Gasteiger partial charge is 0.394 e. The lowest BCUT2D eigenvalue weighted by molar-refractivity contribution is -0.137. The van der Waals surface area contributed by atoms with Crippen LogP contribution >= 0.6 is 0 Å². The summed E-state index contributed by atoms with van der Waals surface area (Å²) in [5.41, 5.74) is 2.39. The summed E-state index contributed by atoms with van der Waals surface area (Å²) in [6.45, 7) is 0. The van der Waals surface area contributed by atoms with E-state index in [0.717, 1.165) is 11.1 Å². The Morgan fingerprint density at radius 3 is 3.06 bits per heavy atom. The minimum atomic E-state index is -0.782. The summed E-state index contributed by atoms with van der Waals surface area (Å²) < 4.78 is 10.3. The van der Waals surface area contributed by atoms with Crippen LogP contribution in [-0.2, 0) is 11.2 Å². The molecule has 17 heavy (non-hydrogen) atoms. The van der Waals surface area contributed by atoms with E-state index in [-0.39, 0.29) is 12.5 Å². The zero-order valence-corrected chi connectivity index (χ0v) is 9.47. The molecule has 5 heteroatoms. The van der Waals surface area contributed by atoms with E-state index in [0.29, 0.717) is 18.4 Å². The van der Waals surface area contributed by atoms with Gasteiger partial charge in [0.25, 0.3) is 0 Å². The third-order valence-electron chi connectivity index (χ3n) is 2.49. The predicted octanol–water partition coefficient (Wildman–Crippen LogP) is 2.24. The van der Waals surface area contributed by atoms with Gasteiger partial charge in [-0.2, -0.15) is 4.98 Å². The number of benzene rings is 1. The lowest BCUT2D eigenvalue weighted by Crippen LogP contribution is -1.96. The van der Waals surface area contributed by atoms with Crippen LogP contribution in [0.15, 0.2) is 22.6 Å². The molecule has 0 bridgehead atoms. The fraction of sp³-hybridized carbons (Fsp3) is 0.333. The number of nitrogens with zero attached hydrogens (tertiary/aromatic N) is 1. The number of carboxylic acids is 1. The van der Waals surface area contributed by atoms with Crippen LogP contribution < -0.4 is 4.74 Å². The second kappa shape index (κ2) is 4.86. The van der Waals surface area contributed by atoms with Crippen molar-refractivity contribution in [3.63, 3.8) is 0 Å². The summed E-state index contributed by atoms with van der Waals surface area (Å²) in [5.74, 6) is -0.782. The number of fused-ring (bicyclic) bond motifs is 1. The normalized spacial score (nSPS) is 10.6. The number of ether oxygens (including phenoxy) is 1. The van der Waals surface area contributed by atoms with Gasteiger partial charge in [-0.1, -0.05) is 12.1 Å². The number of aliphatic carboxylic acids is 1. The molecule has 0 aliphatic rings. The molecule has 1 N–H and O–H groups in total. The third kappa shape index (κ3) is 2.55. The van der Waals surface area contributed by atoms with Crippen molar-refractivity contribution in [2.24, 2.45) is 0 Å². The largest absolute Gasteiger partial charge is 0.481 e. The Labute approximate surface area is 98.0 Å². The van der Waals surface area contributed by atoms with Gasteiger partial charge in [0.05, 0.1) is 7.11 Å². The minimum Gasteiger partial charge on any atom is -0.481 e. The molecule has 0 aliphatic carbocycles. The molecule has 1 aromatic heterocycles. The number of hydrogen-bond donors (Lipinski definition) is 1. The highest BCUT2D eigenvalue weighted by molar-refractivity contribution is 5.77. The van der Waals surface area contributed by atoms with E-state index < -0.39 is 5.97 Å². The van der Waals surface area contributed by atoms with Crippen LogP contribution in [0.2, 0.25) is 0 Å². The average Bonchev–Trinajstić information content (AvgIpc) is 2.72. The molecule has 5 nitrogen and oxygen atoms in total. The van der Waals surface area contributed by atoms with Crippen molar-refractivity contribution in [3.8, 4) is 6.08 Å². The number of carboxylic acid groups (broad SMARTS) is 1. The van der Waals surface area contributed by atoms with Gasteiger partial charge in [0.15, 0.2) is 5.58 Å². The van der Waals surface area contributed by atoms with Crippen molar-refractivity contribution in [1.82, 2.24) is 4.98 Å². The molecule has 0 radical (unpaired) electrons. The van der Waals surface area contributed by atoms with Crippen molar-refractivity contribution in [3.05, 3.63) is 23.8 Å². The van der Waals surface area contributed by atoms with Crippen molar-refractivity contribution in [2.45, 2.75) is 19.3 Å². The molecule has 1 heterocycles. The standard InChI is InChI=1S/C12H13NO4/c1-16-12-13-11-8(5-3-7-10(14)15)4-2-6-9(11)17-12/h2,4,6H,3,5,7H2,1H3,(H,14,15). The first-order valence-electron chi connectivity index (χ1n) is 5.35. The molecule has 1 aromatic carbocycles. The van der Waals surface area contributed by atoms with Crippen LogP contribution in [0, 0.1) is 0 Å². The van der Waals surface area contributed by atoms with Crippen molar-refractivity contribution in [1.29, 1.82) is 0 Å². The third-order valence-corrected chi connectivity index (χ3v) is 2.49. The van der Waals surface area contributed by atoms with E-state index in [2.05, 4.69) is 4.98 Å². The van der Waals surface area contributed by atoms with E-state index in [1.54, 1.807) is 0 Å². The van der Waals surface area contributed by atoms with Gasteiger partial charge in [-0.3, -0.25) is 4.79 Å². The van der Waals surface area contributed by atoms with E-state index in [1.807, 2.05) is 18.2 Å². The second-order valence-corrected chi connectivity index (χ2v) is 3.70. The van der Waals surface area contributed by atoms with Crippen molar-refractivity contribution in [2.75, 3.05) is 7.11 Å². The number of carbonyl (C=O) groups is 1. The highest BCUT2D eigenvalue weighted by atomic mass is 16.6. The fourth-order valence-electron chi connectivity index (χ4n) is 1.70. The number of rotatable bonds is 5. The summed E-state index contributed by atoms with van der Waals surface area (Å²) >= 11 is 0. The van der Waals surface area contributed by atoms with Crippen LogP contribution in [0.5, 0.6) is 6.08 Å². The monoisotopic (exact) mass is 235 g/mol. The molecule has 0 aliphatic heterocycles. The lowest BCUT2D eigenvalue weighted by Gasteiger charge is -1.99. The van der Waals surface area contributed by atoms with E-state index in [9.17, 15) is 4.79 Å². The summed E-state index contributed by atoms with van der Waals surface area (Å²) in [6.07, 6.45) is 1.64. The van der Waals surface area contributed by atoms with Gasteiger partial charge in [-0.05, 0) is 24.5 Å². The predicted molar refractivity (Wildman–Crippen MR) is 61.1 cm³/mol. The van der Waals surface area contributed by atoms with Gasteiger partial charge in [-0.15, -0.1) is 0 Å². The first-order chi connectivity index (χ1) is 8.20. The maximum atomic E-state index is 10.4. The number of methoxy groups -OCH3 is 1. The number of oxazole rings is 1. The molecule has 90 valence electrons. The maximum absolute atomic E-state index is 10.4. The fourth-order valence-corrected chi connectivity index (χ4v) is 1.70. The maximum Gasteiger partial charge on any atom is 0.394 e. The molecule has 0 fully saturated rings. The van der Waals surface area contributed by atoms with Crippen LogP contribution in [0.4, 0.5) is 0 Å². The Morgan fingerprint density at radius 1 is 1.53 bits per heavy atom. The highest BCUT2D eigenvalue weighted by Crippen LogP contribution is 2.24. The Hall–Kier alpha value is -2.04. The molecular formula is C12H13NO4. The molecule has 0 saturated heterocycles.